The Labute approximate surface area is 183 Å². The van der Waals surface area contributed by atoms with Crippen LogP contribution >= 0.6 is 11.8 Å². The number of hydrogen-bond acceptors (Lipinski definition) is 7. The molecule has 3 heterocycles. The number of pyridine rings is 1. The van der Waals surface area contributed by atoms with Crippen molar-refractivity contribution < 1.29 is 9.59 Å². The Balaban J connectivity index is 1.52. The van der Waals surface area contributed by atoms with Gasteiger partial charge in [0.05, 0.1) is 41.0 Å². The van der Waals surface area contributed by atoms with E-state index in [4.69, 9.17) is 5.26 Å². The summed E-state index contributed by atoms with van der Waals surface area (Å²) in [5.41, 5.74) is 3.86. The molecule has 0 unspecified atom stereocenters. The lowest BCUT2D eigenvalue weighted by Gasteiger charge is -2.18. The van der Waals surface area contributed by atoms with Crippen molar-refractivity contribution in [2.24, 2.45) is 7.05 Å². The summed E-state index contributed by atoms with van der Waals surface area (Å²) in [6, 6.07) is 9.08. The van der Waals surface area contributed by atoms with Gasteiger partial charge in [-0.25, -0.2) is 0 Å². The number of thioether (sulfide) groups is 1. The Morgan fingerprint density at radius 1 is 1.32 bits per heavy atom. The van der Waals surface area contributed by atoms with Crippen LogP contribution in [0.1, 0.15) is 27.3 Å². The number of nitrogens with one attached hydrogen (secondary N) is 1. The number of hydrogen-bond donors (Lipinski definition) is 1. The molecule has 2 amide bonds. The van der Waals surface area contributed by atoms with Crippen molar-refractivity contribution >= 4 is 34.5 Å². The van der Waals surface area contributed by atoms with Gasteiger partial charge in [0.25, 0.3) is 5.91 Å². The molecule has 0 radical (unpaired) electrons. The van der Waals surface area contributed by atoms with Gasteiger partial charge in [-0.15, -0.1) is 11.8 Å². The Kier molecular flexibility index (Phi) is 5.86. The number of carbonyl (C=O) groups is 2. The Morgan fingerprint density at radius 3 is 2.90 bits per heavy atom. The molecule has 1 N–H and O–H groups in total. The zero-order valence-corrected chi connectivity index (χ0v) is 18.0. The first-order valence-corrected chi connectivity index (χ1v) is 10.9. The van der Waals surface area contributed by atoms with Crippen molar-refractivity contribution in [3.05, 3.63) is 53.0 Å². The van der Waals surface area contributed by atoms with Crippen LogP contribution in [0.3, 0.4) is 0 Å². The van der Waals surface area contributed by atoms with Crippen LogP contribution < -0.4 is 5.32 Å². The van der Waals surface area contributed by atoms with E-state index in [0.717, 1.165) is 17.0 Å². The topological polar surface area (TPSA) is 117 Å². The number of rotatable bonds is 5. The summed E-state index contributed by atoms with van der Waals surface area (Å²) in [4.78, 5) is 32.7. The molecule has 10 heteroatoms. The molecule has 1 saturated heterocycles. The fraction of sp³-hybridized carbons (Fsp3) is 0.333. The summed E-state index contributed by atoms with van der Waals surface area (Å²) >= 11 is 1.53. The van der Waals surface area contributed by atoms with Crippen LogP contribution in [-0.2, 0) is 18.3 Å². The summed E-state index contributed by atoms with van der Waals surface area (Å²) < 4.78 is 0. The van der Waals surface area contributed by atoms with Gasteiger partial charge in [-0.2, -0.15) is 20.3 Å². The van der Waals surface area contributed by atoms with E-state index in [1.807, 2.05) is 25.1 Å². The van der Waals surface area contributed by atoms with Gasteiger partial charge < -0.3 is 10.2 Å². The predicted molar refractivity (Wildman–Crippen MR) is 116 cm³/mol. The number of amides is 2. The molecule has 0 aliphatic carbocycles. The van der Waals surface area contributed by atoms with E-state index in [0.29, 0.717) is 34.5 Å². The summed E-state index contributed by atoms with van der Waals surface area (Å²) in [6.45, 7) is 1.76. The molecule has 2 aromatic heterocycles. The summed E-state index contributed by atoms with van der Waals surface area (Å²) in [6.07, 6.45) is 2.17. The van der Waals surface area contributed by atoms with E-state index in [2.05, 4.69) is 26.6 Å². The first kappa shape index (κ1) is 20.8. The lowest BCUT2D eigenvalue weighted by atomic mass is 10.0. The number of nitriles is 1. The maximum atomic E-state index is 12.9. The molecule has 1 aromatic carbocycles. The molecule has 4 rings (SSSR count). The van der Waals surface area contributed by atoms with Gasteiger partial charge in [0.15, 0.2) is 0 Å². The third kappa shape index (κ3) is 4.36. The normalized spacial score (nSPS) is 15.8. The number of aryl methyl sites for hydroxylation is 2. The molecule has 3 aromatic rings. The molecule has 1 fully saturated rings. The lowest BCUT2D eigenvalue weighted by molar-refractivity contribution is -0.129. The van der Waals surface area contributed by atoms with Crippen LogP contribution in [0.2, 0.25) is 0 Å². The molecule has 0 spiro atoms. The van der Waals surface area contributed by atoms with Crippen LogP contribution in [0.15, 0.2) is 30.5 Å². The highest BCUT2D eigenvalue weighted by atomic mass is 32.2. The minimum atomic E-state index is -0.441. The second-order valence-corrected chi connectivity index (χ2v) is 8.30. The van der Waals surface area contributed by atoms with Gasteiger partial charge in [-0.1, -0.05) is 6.07 Å². The van der Waals surface area contributed by atoms with E-state index in [1.54, 1.807) is 24.1 Å². The second-order valence-electron chi connectivity index (χ2n) is 7.30. The highest BCUT2D eigenvalue weighted by Crippen LogP contribution is 2.22. The molecular weight excluding hydrogens is 414 g/mol. The minimum Gasteiger partial charge on any atom is -0.343 e. The van der Waals surface area contributed by atoms with E-state index in [9.17, 15) is 9.59 Å². The van der Waals surface area contributed by atoms with Gasteiger partial charge in [-0.05, 0) is 30.7 Å². The molecule has 31 heavy (non-hydrogen) atoms. The average molecular weight is 436 g/mol. The highest BCUT2D eigenvalue weighted by molar-refractivity contribution is 7.99. The maximum absolute atomic E-state index is 12.9. The van der Waals surface area contributed by atoms with Crippen LogP contribution in [0, 0.1) is 18.3 Å². The highest BCUT2D eigenvalue weighted by Gasteiger charge is 2.29. The first-order valence-electron chi connectivity index (χ1n) is 9.75. The molecule has 0 bridgehead atoms. The monoisotopic (exact) mass is 435 g/mol. The zero-order chi connectivity index (χ0) is 22.0. The van der Waals surface area contributed by atoms with Crippen molar-refractivity contribution in [3.8, 4) is 6.07 Å². The van der Waals surface area contributed by atoms with E-state index in [-0.39, 0.29) is 18.4 Å². The van der Waals surface area contributed by atoms with E-state index < -0.39 is 6.04 Å². The molecule has 9 nitrogen and oxygen atoms in total. The van der Waals surface area contributed by atoms with Gasteiger partial charge in [-0.3, -0.25) is 14.6 Å². The summed E-state index contributed by atoms with van der Waals surface area (Å²) in [5.74, 6) is 0.450. The van der Waals surface area contributed by atoms with Crippen LogP contribution in [-0.4, -0.2) is 60.9 Å². The third-order valence-electron chi connectivity index (χ3n) is 5.15. The Hall–Kier alpha value is -3.45. The smallest absolute Gasteiger partial charge is 0.252 e. The minimum absolute atomic E-state index is 0.153. The first-order chi connectivity index (χ1) is 15.0. The van der Waals surface area contributed by atoms with Gasteiger partial charge in [0, 0.05) is 30.8 Å². The third-order valence-corrected chi connectivity index (χ3v) is 6.16. The Bertz CT molecular complexity index is 1200. The predicted octanol–water partition coefficient (Wildman–Crippen LogP) is 1.42. The fourth-order valence-corrected chi connectivity index (χ4v) is 4.65. The van der Waals surface area contributed by atoms with Crippen molar-refractivity contribution in [2.75, 3.05) is 18.2 Å². The van der Waals surface area contributed by atoms with Crippen molar-refractivity contribution in [1.29, 1.82) is 5.26 Å². The quantitative estimate of drug-likeness (QED) is 0.644. The molecule has 1 atom stereocenters. The number of nitrogens with zero attached hydrogens (tertiary/aromatic N) is 6. The van der Waals surface area contributed by atoms with Gasteiger partial charge in [0.2, 0.25) is 5.91 Å². The SMILES string of the molecule is Cc1nn(C)nc1Cc1ccc2nccc(C(=O)NCC(=O)N3CSC[C@H]3C#N)c2c1. The molecular formula is C21H21N7O2S. The van der Waals surface area contributed by atoms with Crippen LogP contribution in [0.5, 0.6) is 0 Å². The lowest BCUT2D eigenvalue weighted by Crippen LogP contribution is -2.42. The summed E-state index contributed by atoms with van der Waals surface area (Å²) in [5, 5.41) is 21.2. The Morgan fingerprint density at radius 2 is 2.16 bits per heavy atom. The van der Waals surface area contributed by atoms with E-state index >= 15 is 0 Å². The van der Waals surface area contributed by atoms with Crippen molar-refractivity contribution in [1.82, 2.24) is 30.2 Å². The number of carbonyl (C=O) groups excluding carboxylic acids is 2. The zero-order valence-electron chi connectivity index (χ0n) is 17.2. The average Bonchev–Trinajstić information content (AvgIpc) is 3.37. The van der Waals surface area contributed by atoms with E-state index in [1.165, 1.54) is 16.7 Å². The van der Waals surface area contributed by atoms with Crippen molar-refractivity contribution in [3.63, 3.8) is 0 Å². The second kappa shape index (κ2) is 8.73. The molecule has 1 aliphatic rings. The van der Waals surface area contributed by atoms with Crippen molar-refractivity contribution in [2.45, 2.75) is 19.4 Å². The fourth-order valence-electron chi connectivity index (χ4n) is 3.55. The van der Waals surface area contributed by atoms with Gasteiger partial charge in [0.1, 0.15) is 6.04 Å². The van der Waals surface area contributed by atoms with Gasteiger partial charge >= 0.3 is 0 Å². The molecule has 0 saturated carbocycles. The summed E-state index contributed by atoms with van der Waals surface area (Å²) in [7, 11) is 1.78. The number of benzene rings is 1. The molecule has 158 valence electrons. The standard InChI is InChI=1S/C21H21N7O2S/c1-13-19(26-27(2)25-13)8-14-3-4-18-17(7-14)16(5-6-23-18)21(30)24-10-20(29)28-12-31-11-15(28)9-22/h3-7,15H,8,10-12H2,1-2H3,(H,24,30)/t15-/m1/s1. The van der Waals surface area contributed by atoms with Crippen LogP contribution in [0.4, 0.5) is 0 Å². The number of fused-ring (bicyclic) bond motifs is 1. The van der Waals surface area contributed by atoms with Crippen LogP contribution in [0.25, 0.3) is 10.9 Å². The molecule has 1 aliphatic heterocycles. The number of aromatic nitrogens is 4. The maximum Gasteiger partial charge on any atom is 0.252 e. The largest absolute Gasteiger partial charge is 0.343 e.